The van der Waals surface area contributed by atoms with Gasteiger partial charge in [-0.2, -0.15) is 0 Å². The first-order chi connectivity index (χ1) is 30.2. The van der Waals surface area contributed by atoms with Crippen molar-refractivity contribution in [3.63, 3.8) is 0 Å². The van der Waals surface area contributed by atoms with Gasteiger partial charge in [0.1, 0.15) is 0 Å². The summed E-state index contributed by atoms with van der Waals surface area (Å²) in [5.41, 5.74) is 14.0. The molecule has 3 saturated carbocycles. The van der Waals surface area contributed by atoms with Crippen molar-refractivity contribution in [3.8, 4) is 67.5 Å². The largest absolute Gasteiger partial charge is 0.208 e. The van der Waals surface area contributed by atoms with Crippen molar-refractivity contribution in [1.29, 1.82) is 0 Å². The Hall–Kier alpha value is -6.71. The summed E-state index contributed by atoms with van der Waals surface area (Å²) in [5, 5.41) is 5.69. The van der Waals surface area contributed by atoms with Crippen LogP contribution in [-0.2, 0) is 5.41 Å². The van der Waals surface area contributed by atoms with E-state index in [0.29, 0.717) is 23.4 Å². The van der Waals surface area contributed by atoms with E-state index in [2.05, 4.69) is 140 Å². The van der Waals surface area contributed by atoms with E-state index in [1.165, 1.54) is 87.9 Å². The second kappa shape index (κ2) is 13.7. The third kappa shape index (κ3) is 5.39. The molecular formula is C58H45N3. The van der Waals surface area contributed by atoms with Crippen LogP contribution in [0.2, 0.25) is 0 Å². The second-order valence-corrected chi connectivity index (χ2v) is 18.3. The topological polar surface area (TPSA) is 38.7 Å². The molecule has 5 atom stereocenters. The van der Waals surface area contributed by atoms with E-state index in [0.717, 1.165) is 40.0 Å². The van der Waals surface area contributed by atoms with Gasteiger partial charge in [0.05, 0.1) is 0 Å². The Morgan fingerprint density at radius 2 is 0.902 bits per heavy atom. The first kappa shape index (κ1) is 35.1. The molecular weight excluding hydrogens is 739 g/mol. The van der Waals surface area contributed by atoms with E-state index in [4.69, 9.17) is 15.0 Å². The molecule has 1 spiro atoms. The molecule has 0 amide bonds. The molecule has 1 heterocycles. The molecule has 0 N–H and O–H groups in total. The fourth-order valence-corrected chi connectivity index (χ4v) is 12.8. The molecule has 0 radical (unpaired) electrons. The monoisotopic (exact) mass is 783 g/mol. The Morgan fingerprint density at radius 1 is 0.377 bits per heavy atom. The van der Waals surface area contributed by atoms with Gasteiger partial charge in [-0.3, -0.25) is 0 Å². The summed E-state index contributed by atoms with van der Waals surface area (Å²) >= 11 is 0. The maximum atomic E-state index is 5.02. The zero-order valence-corrected chi connectivity index (χ0v) is 34.1. The third-order valence-corrected chi connectivity index (χ3v) is 15.3. The van der Waals surface area contributed by atoms with Gasteiger partial charge in [-0.05, 0) is 140 Å². The van der Waals surface area contributed by atoms with Gasteiger partial charge in [0.2, 0.25) is 0 Å². The van der Waals surface area contributed by atoms with Crippen molar-refractivity contribution in [2.75, 3.05) is 0 Å². The fraction of sp³-hybridized carbons (Fsp3) is 0.190. The standard InChI is InChI=1S/C58H45N3/c1-3-12-39(13-4-1)55-59-56(40-14-5-2-6-15-40)61-57(60-55)46-19-10-18-43(35-46)41-16-9-17-42(33-41)44-25-28-49-45(34-44)26-30-51-50-29-24-37-11-7-8-20-48(37)53(50)58(54(49)51)47-27-23-38-22-21-36(31-47)32-52(38)58/h1-20,24-26,28-30,33-36,38,47,52H,21-23,27,31-32H2. The smallest absolute Gasteiger partial charge is 0.164 e. The van der Waals surface area contributed by atoms with Crippen molar-refractivity contribution >= 4 is 21.5 Å². The van der Waals surface area contributed by atoms with Crippen LogP contribution in [0.5, 0.6) is 0 Å². The quantitative estimate of drug-likeness (QED) is 0.174. The number of aromatic nitrogens is 3. The van der Waals surface area contributed by atoms with E-state index in [1.54, 1.807) is 11.1 Å². The molecule has 3 fully saturated rings. The van der Waals surface area contributed by atoms with Gasteiger partial charge < -0.3 is 0 Å². The van der Waals surface area contributed by atoms with Gasteiger partial charge in [0, 0.05) is 22.1 Å². The Morgan fingerprint density at radius 3 is 1.59 bits per heavy atom. The number of rotatable bonds is 5. The van der Waals surface area contributed by atoms with Crippen LogP contribution in [0, 0.1) is 23.7 Å². The zero-order valence-electron chi connectivity index (χ0n) is 34.1. The maximum Gasteiger partial charge on any atom is 0.164 e. The average Bonchev–Trinajstić information content (AvgIpc) is 3.62. The molecule has 8 aromatic carbocycles. The van der Waals surface area contributed by atoms with Gasteiger partial charge in [-0.15, -0.1) is 0 Å². The maximum absolute atomic E-state index is 5.02. The van der Waals surface area contributed by atoms with Crippen LogP contribution in [0.25, 0.3) is 89.1 Å². The SMILES string of the molecule is c1ccc(-c2nc(-c3ccccc3)nc(-c3cccc(-c4cccc(-c5ccc6c7c(ccc6c5)-c5ccc6ccccc6c5C75C6CCC7CCC(C6)CC75)c4)c3)n2)cc1. The van der Waals surface area contributed by atoms with E-state index >= 15 is 0 Å². The van der Waals surface area contributed by atoms with Crippen molar-refractivity contribution in [3.05, 3.63) is 187 Å². The summed E-state index contributed by atoms with van der Waals surface area (Å²) in [6.45, 7) is 0. The van der Waals surface area contributed by atoms with Crippen LogP contribution in [0.1, 0.15) is 49.7 Å². The summed E-state index contributed by atoms with van der Waals surface area (Å²) in [4.78, 5) is 15.0. The highest BCUT2D eigenvalue weighted by Gasteiger charge is 2.62. The second-order valence-electron chi connectivity index (χ2n) is 18.3. The molecule has 0 aliphatic heterocycles. The van der Waals surface area contributed by atoms with E-state index in [-0.39, 0.29) is 5.41 Å². The van der Waals surface area contributed by atoms with Crippen LogP contribution in [0.3, 0.4) is 0 Å². The highest BCUT2D eigenvalue weighted by Crippen LogP contribution is 2.70. The van der Waals surface area contributed by atoms with Crippen LogP contribution in [-0.4, -0.2) is 15.0 Å². The average molecular weight is 784 g/mol. The molecule has 4 aliphatic rings. The predicted octanol–water partition coefficient (Wildman–Crippen LogP) is 14.6. The predicted molar refractivity (Wildman–Crippen MR) is 250 cm³/mol. The number of fused-ring (bicyclic) bond motifs is 8. The van der Waals surface area contributed by atoms with Crippen LogP contribution < -0.4 is 0 Å². The summed E-state index contributed by atoms with van der Waals surface area (Å²) < 4.78 is 0. The lowest BCUT2D eigenvalue weighted by Crippen LogP contribution is -2.55. The number of hydrogen-bond donors (Lipinski definition) is 0. The molecule has 5 unspecified atom stereocenters. The Labute approximate surface area is 357 Å². The molecule has 9 aromatic rings. The van der Waals surface area contributed by atoms with Crippen molar-refractivity contribution < 1.29 is 0 Å². The summed E-state index contributed by atoms with van der Waals surface area (Å²) in [5.74, 6) is 5.13. The fourth-order valence-electron chi connectivity index (χ4n) is 12.8. The lowest BCUT2D eigenvalue weighted by atomic mass is 9.43. The van der Waals surface area contributed by atoms with E-state index < -0.39 is 0 Å². The lowest BCUT2D eigenvalue weighted by Gasteiger charge is -2.60. The highest BCUT2D eigenvalue weighted by molar-refractivity contribution is 6.04. The minimum absolute atomic E-state index is 0.0829. The molecule has 13 rings (SSSR count). The minimum Gasteiger partial charge on any atom is -0.208 e. The molecule has 3 bridgehead atoms. The van der Waals surface area contributed by atoms with Gasteiger partial charge >= 0.3 is 0 Å². The first-order valence-electron chi connectivity index (χ1n) is 22.4. The summed E-state index contributed by atoms with van der Waals surface area (Å²) in [6, 6.07) is 64.4. The van der Waals surface area contributed by atoms with Crippen LogP contribution in [0.4, 0.5) is 0 Å². The lowest BCUT2D eigenvalue weighted by molar-refractivity contribution is -0.0308. The first-order valence-corrected chi connectivity index (χ1v) is 22.4. The van der Waals surface area contributed by atoms with Gasteiger partial charge in [0.25, 0.3) is 0 Å². The van der Waals surface area contributed by atoms with Gasteiger partial charge in [-0.1, -0.05) is 164 Å². The van der Waals surface area contributed by atoms with E-state index in [1.807, 2.05) is 36.4 Å². The molecule has 61 heavy (non-hydrogen) atoms. The Balaban J connectivity index is 0.908. The van der Waals surface area contributed by atoms with Crippen molar-refractivity contribution in [2.24, 2.45) is 23.7 Å². The van der Waals surface area contributed by atoms with Gasteiger partial charge in [0.15, 0.2) is 17.5 Å². The number of hydrogen-bond acceptors (Lipinski definition) is 3. The number of benzene rings is 8. The summed E-state index contributed by atoms with van der Waals surface area (Å²) in [7, 11) is 0. The summed E-state index contributed by atoms with van der Waals surface area (Å²) in [6.07, 6.45) is 8.38. The van der Waals surface area contributed by atoms with Crippen molar-refractivity contribution in [2.45, 2.75) is 43.9 Å². The normalized spacial score (nSPS) is 22.1. The Kier molecular flexibility index (Phi) is 7.86. The third-order valence-electron chi connectivity index (χ3n) is 15.3. The number of nitrogens with zero attached hydrogens (tertiary/aromatic N) is 3. The molecule has 3 nitrogen and oxygen atoms in total. The van der Waals surface area contributed by atoms with Crippen molar-refractivity contribution in [1.82, 2.24) is 15.0 Å². The van der Waals surface area contributed by atoms with E-state index in [9.17, 15) is 0 Å². The Bertz CT molecular complexity index is 3130. The molecule has 4 aliphatic carbocycles. The van der Waals surface area contributed by atoms with Gasteiger partial charge in [-0.25, -0.2) is 15.0 Å². The molecule has 1 aromatic heterocycles. The van der Waals surface area contributed by atoms with Crippen LogP contribution in [0.15, 0.2) is 176 Å². The minimum atomic E-state index is 0.0829. The molecule has 292 valence electrons. The zero-order chi connectivity index (χ0) is 40.1. The highest BCUT2D eigenvalue weighted by atomic mass is 15.0. The molecule has 3 heteroatoms. The van der Waals surface area contributed by atoms with Crippen LogP contribution >= 0.6 is 0 Å². The molecule has 0 saturated heterocycles.